The molecule has 2 rings (SSSR count). The summed E-state index contributed by atoms with van der Waals surface area (Å²) in [4.78, 5) is 10.1. The van der Waals surface area contributed by atoms with Crippen LogP contribution in [-0.2, 0) is 6.54 Å². The van der Waals surface area contributed by atoms with Crippen LogP contribution in [0.5, 0.6) is 5.75 Å². The van der Waals surface area contributed by atoms with Crippen LogP contribution in [0.2, 0.25) is 0 Å². The molecule has 1 saturated carbocycles. The third kappa shape index (κ3) is 4.08. The van der Waals surface area contributed by atoms with Gasteiger partial charge in [-0.2, -0.15) is 8.78 Å². The van der Waals surface area contributed by atoms with Gasteiger partial charge < -0.3 is 15.2 Å². The molecule has 1 aromatic carbocycles. The van der Waals surface area contributed by atoms with Crippen LogP contribution in [0.15, 0.2) is 18.2 Å². The van der Waals surface area contributed by atoms with E-state index in [4.69, 9.17) is 0 Å². The molecule has 1 aromatic rings. The van der Waals surface area contributed by atoms with E-state index in [1.165, 1.54) is 12.1 Å². The fraction of sp³-hybridized carbons (Fsp3) is 0.538. The Hall–Kier alpha value is -1.80. The van der Waals surface area contributed by atoms with Crippen LogP contribution in [0.3, 0.4) is 0 Å². The summed E-state index contributed by atoms with van der Waals surface area (Å²) < 4.78 is 29.0. The average molecular weight is 302 g/mol. The summed E-state index contributed by atoms with van der Waals surface area (Å²) in [7, 11) is 0. The predicted octanol–water partition coefficient (Wildman–Crippen LogP) is 2.06. The predicted molar refractivity (Wildman–Crippen MR) is 70.2 cm³/mol. The largest absolute Gasteiger partial charge is 0.434 e. The molecule has 0 unspecified atom stereocenters. The van der Waals surface area contributed by atoms with Crippen LogP contribution < -0.4 is 10.1 Å². The molecule has 1 aliphatic carbocycles. The van der Waals surface area contributed by atoms with E-state index in [1.807, 2.05) is 0 Å². The van der Waals surface area contributed by atoms with Crippen LogP contribution in [0.25, 0.3) is 0 Å². The maximum Gasteiger partial charge on any atom is 0.387 e. The molecule has 2 N–H and O–H groups in total. The highest BCUT2D eigenvalue weighted by atomic mass is 19.3. The van der Waals surface area contributed by atoms with Gasteiger partial charge in [-0.05, 0) is 18.9 Å². The van der Waals surface area contributed by atoms with Crippen molar-refractivity contribution in [2.45, 2.75) is 26.0 Å². The Morgan fingerprint density at radius 2 is 2.19 bits per heavy atom. The molecule has 0 saturated heterocycles. The number of aliphatic hydroxyl groups excluding tert-OH is 1. The summed E-state index contributed by atoms with van der Waals surface area (Å²) in [6, 6.07) is 3.50. The van der Waals surface area contributed by atoms with Gasteiger partial charge in [0.05, 0.1) is 4.92 Å². The van der Waals surface area contributed by atoms with Crippen molar-refractivity contribution in [3.05, 3.63) is 33.9 Å². The molecule has 0 bridgehead atoms. The number of nitro groups is 1. The molecule has 0 spiro atoms. The van der Waals surface area contributed by atoms with Gasteiger partial charge in [-0.1, -0.05) is 0 Å². The van der Waals surface area contributed by atoms with Gasteiger partial charge >= 0.3 is 6.61 Å². The lowest BCUT2D eigenvalue weighted by Crippen LogP contribution is -2.26. The highest BCUT2D eigenvalue weighted by Gasteiger charge is 2.41. The maximum atomic E-state index is 12.3. The molecule has 8 heteroatoms. The van der Waals surface area contributed by atoms with Gasteiger partial charge in [0.15, 0.2) is 0 Å². The molecule has 0 aromatic heterocycles. The molecule has 6 nitrogen and oxygen atoms in total. The lowest BCUT2D eigenvalue weighted by atomic mass is 10.1. The van der Waals surface area contributed by atoms with Crippen LogP contribution in [-0.4, -0.2) is 29.8 Å². The topological polar surface area (TPSA) is 84.6 Å². The fourth-order valence-electron chi connectivity index (χ4n) is 2.06. The van der Waals surface area contributed by atoms with E-state index >= 15 is 0 Å². The van der Waals surface area contributed by atoms with Crippen LogP contribution in [0.4, 0.5) is 14.5 Å². The molecule has 0 aliphatic heterocycles. The molecule has 1 fully saturated rings. The number of nitrogens with zero attached hydrogens (tertiary/aromatic N) is 1. The number of halogens is 2. The van der Waals surface area contributed by atoms with E-state index in [0.717, 1.165) is 18.9 Å². The molecular weight excluding hydrogens is 286 g/mol. The number of hydrogen-bond acceptors (Lipinski definition) is 5. The van der Waals surface area contributed by atoms with E-state index in [-0.39, 0.29) is 30.0 Å². The van der Waals surface area contributed by atoms with E-state index in [9.17, 15) is 24.0 Å². The Balaban J connectivity index is 2.06. The third-order valence-corrected chi connectivity index (χ3v) is 3.58. The van der Waals surface area contributed by atoms with Crippen molar-refractivity contribution in [2.24, 2.45) is 5.41 Å². The van der Waals surface area contributed by atoms with Gasteiger partial charge in [-0.15, -0.1) is 0 Å². The number of non-ortho nitro benzene ring substituents is 1. The van der Waals surface area contributed by atoms with Crippen molar-refractivity contribution >= 4 is 5.69 Å². The van der Waals surface area contributed by atoms with E-state index in [1.54, 1.807) is 0 Å². The lowest BCUT2D eigenvalue weighted by molar-refractivity contribution is -0.385. The number of nitrogens with one attached hydrogen (secondary N) is 1. The number of hydrogen-bond donors (Lipinski definition) is 2. The number of rotatable bonds is 8. The zero-order valence-electron chi connectivity index (χ0n) is 11.2. The second-order valence-corrected chi connectivity index (χ2v) is 5.19. The Labute approximate surface area is 119 Å². The van der Waals surface area contributed by atoms with Gasteiger partial charge in [0.1, 0.15) is 5.75 Å². The van der Waals surface area contributed by atoms with E-state index in [2.05, 4.69) is 10.1 Å². The first-order valence-electron chi connectivity index (χ1n) is 6.49. The zero-order chi connectivity index (χ0) is 15.5. The Morgan fingerprint density at radius 3 is 2.71 bits per heavy atom. The third-order valence-electron chi connectivity index (χ3n) is 3.58. The molecule has 0 atom stereocenters. The summed E-state index contributed by atoms with van der Waals surface area (Å²) in [6.07, 6.45) is 1.82. The first kappa shape index (κ1) is 15.6. The molecule has 116 valence electrons. The zero-order valence-corrected chi connectivity index (χ0v) is 11.2. The second-order valence-electron chi connectivity index (χ2n) is 5.19. The van der Waals surface area contributed by atoms with Gasteiger partial charge in [-0.25, -0.2) is 0 Å². The highest BCUT2D eigenvalue weighted by Crippen LogP contribution is 2.44. The Bertz CT molecular complexity index is 521. The van der Waals surface area contributed by atoms with Gasteiger partial charge in [0.25, 0.3) is 5.69 Å². The quantitative estimate of drug-likeness (QED) is 0.567. The Kier molecular flexibility index (Phi) is 4.69. The SMILES string of the molecule is O=[N+]([O-])c1ccc(OC(F)F)c(CNCC2(CO)CC2)c1. The van der Waals surface area contributed by atoms with Gasteiger partial charge in [0, 0.05) is 42.8 Å². The van der Waals surface area contributed by atoms with Crippen molar-refractivity contribution in [1.29, 1.82) is 0 Å². The van der Waals surface area contributed by atoms with Crippen molar-refractivity contribution in [2.75, 3.05) is 13.2 Å². The smallest absolute Gasteiger partial charge is 0.387 e. The van der Waals surface area contributed by atoms with Crippen molar-refractivity contribution in [3.8, 4) is 5.75 Å². The van der Waals surface area contributed by atoms with Crippen molar-refractivity contribution in [3.63, 3.8) is 0 Å². The van der Waals surface area contributed by atoms with E-state index < -0.39 is 11.5 Å². The number of aliphatic hydroxyl groups is 1. The molecule has 0 heterocycles. The second kappa shape index (κ2) is 6.31. The van der Waals surface area contributed by atoms with Crippen LogP contribution >= 0.6 is 0 Å². The number of alkyl halides is 2. The van der Waals surface area contributed by atoms with Crippen LogP contribution in [0.1, 0.15) is 18.4 Å². The number of nitro benzene ring substituents is 1. The minimum atomic E-state index is -2.99. The maximum absolute atomic E-state index is 12.3. The van der Waals surface area contributed by atoms with Crippen LogP contribution in [0, 0.1) is 15.5 Å². The summed E-state index contributed by atoms with van der Waals surface area (Å²) in [5.74, 6) is -0.0862. The van der Waals surface area contributed by atoms with E-state index in [0.29, 0.717) is 12.1 Å². The average Bonchev–Trinajstić information content (AvgIpc) is 3.20. The first-order chi connectivity index (χ1) is 9.96. The molecule has 0 radical (unpaired) electrons. The van der Waals surface area contributed by atoms with Crippen molar-refractivity contribution in [1.82, 2.24) is 5.32 Å². The minimum absolute atomic E-state index is 0.0648. The summed E-state index contributed by atoms with van der Waals surface area (Å²) in [5.41, 5.74) is -0.0280. The molecule has 1 aliphatic rings. The van der Waals surface area contributed by atoms with Gasteiger partial charge in [-0.3, -0.25) is 10.1 Å². The fourth-order valence-corrected chi connectivity index (χ4v) is 2.06. The molecular formula is C13H16F2N2O4. The molecule has 21 heavy (non-hydrogen) atoms. The number of benzene rings is 1. The summed E-state index contributed by atoms with van der Waals surface area (Å²) in [6.45, 7) is -2.24. The minimum Gasteiger partial charge on any atom is -0.434 e. The monoisotopic (exact) mass is 302 g/mol. The standard InChI is InChI=1S/C13H16F2N2O4/c14-12(15)21-11-2-1-10(17(19)20)5-9(11)6-16-7-13(8-18)3-4-13/h1-2,5,12,16,18H,3-4,6-8H2. The summed E-state index contributed by atoms with van der Waals surface area (Å²) >= 11 is 0. The molecule has 0 amide bonds. The normalized spacial score (nSPS) is 16.0. The Morgan fingerprint density at radius 1 is 1.48 bits per heavy atom. The first-order valence-corrected chi connectivity index (χ1v) is 6.49. The summed E-state index contributed by atoms with van der Waals surface area (Å²) in [5, 5.41) is 23.0. The number of ether oxygens (including phenoxy) is 1. The lowest BCUT2D eigenvalue weighted by Gasteiger charge is -2.15. The van der Waals surface area contributed by atoms with Gasteiger partial charge in [0.2, 0.25) is 0 Å². The highest BCUT2D eigenvalue weighted by molar-refractivity contribution is 5.43. The van der Waals surface area contributed by atoms with Crippen molar-refractivity contribution < 1.29 is 23.5 Å².